The van der Waals surface area contributed by atoms with Gasteiger partial charge in [0.2, 0.25) is 15.9 Å². The van der Waals surface area contributed by atoms with Crippen LogP contribution in [0.1, 0.15) is 18.1 Å². The Bertz CT molecular complexity index is 996. The molecule has 0 fully saturated rings. The van der Waals surface area contributed by atoms with Crippen LogP contribution in [0.25, 0.3) is 0 Å². The van der Waals surface area contributed by atoms with Crippen molar-refractivity contribution in [2.45, 2.75) is 26.8 Å². The largest absolute Gasteiger partial charge is 0.491 e. The van der Waals surface area contributed by atoms with Gasteiger partial charge in [-0.25, -0.2) is 8.42 Å². The van der Waals surface area contributed by atoms with Gasteiger partial charge >= 0.3 is 0 Å². The molecule has 1 amide bonds. The van der Waals surface area contributed by atoms with E-state index < -0.39 is 22.0 Å². The number of nitrogens with zero attached hydrogens (tertiary/aromatic N) is 1. The van der Waals surface area contributed by atoms with Crippen molar-refractivity contribution in [3.05, 3.63) is 57.6 Å². The van der Waals surface area contributed by atoms with Crippen LogP contribution in [0.4, 0.5) is 5.69 Å². The maximum Gasteiger partial charge on any atom is 0.243 e. The number of hydrogen-bond donors (Lipinski definition) is 1. The molecule has 0 aliphatic carbocycles. The minimum Gasteiger partial charge on any atom is -0.491 e. The smallest absolute Gasteiger partial charge is 0.243 e. The molecule has 0 heterocycles. The van der Waals surface area contributed by atoms with Gasteiger partial charge in [0.1, 0.15) is 18.4 Å². The lowest BCUT2D eigenvalue weighted by Gasteiger charge is -2.29. The molecule has 0 saturated heterocycles. The monoisotopic (exact) mass is 458 g/mol. The molecule has 0 radical (unpaired) electrons. The topological polar surface area (TPSA) is 75.7 Å². The molecule has 0 saturated carbocycles. The zero-order chi connectivity index (χ0) is 21.8. The normalized spacial score (nSPS) is 12.3. The highest BCUT2D eigenvalue weighted by atomic mass is 35.5. The molecule has 29 heavy (non-hydrogen) atoms. The van der Waals surface area contributed by atoms with Crippen molar-refractivity contribution in [2.24, 2.45) is 0 Å². The van der Waals surface area contributed by atoms with E-state index in [0.717, 1.165) is 27.4 Å². The lowest BCUT2D eigenvalue weighted by Crippen LogP contribution is -2.48. The number of hydrogen-bond acceptors (Lipinski definition) is 4. The van der Waals surface area contributed by atoms with Crippen molar-refractivity contribution < 1.29 is 17.9 Å². The van der Waals surface area contributed by atoms with Gasteiger partial charge in [0.15, 0.2) is 0 Å². The van der Waals surface area contributed by atoms with Crippen LogP contribution in [0, 0.1) is 13.8 Å². The number of amides is 1. The summed E-state index contributed by atoms with van der Waals surface area (Å²) in [7, 11) is -3.79. The fourth-order valence-electron chi connectivity index (χ4n) is 2.80. The summed E-state index contributed by atoms with van der Waals surface area (Å²) in [5.74, 6) is 0.270. The van der Waals surface area contributed by atoms with Crippen LogP contribution in [0.3, 0.4) is 0 Å². The number of halogens is 2. The lowest BCUT2D eigenvalue weighted by molar-refractivity contribution is -0.121. The first-order chi connectivity index (χ1) is 13.5. The van der Waals surface area contributed by atoms with E-state index in [4.69, 9.17) is 27.9 Å². The predicted octanol–water partition coefficient (Wildman–Crippen LogP) is 3.96. The number of carbonyl (C=O) groups excluding carboxylic acids is 1. The molecule has 6 nitrogen and oxygen atoms in total. The Hall–Kier alpha value is -1.96. The molecule has 0 bridgehead atoms. The molecule has 2 aromatic carbocycles. The maximum absolute atomic E-state index is 12.6. The number of aryl methyl sites for hydroxylation is 1. The molecule has 0 unspecified atom stereocenters. The highest BCUT2D eigenvalue weighted by molar-refractivity contribution is 7.92. The number of ether oxygens (including phenoxy) is 1. The van der Waals surface area contributed by atoms with Gasteiger partial charge in [-0.15, -0.1) is 0 Å². The number of nitrogens with one attached hydrogen (secondary N) is 1. The van der Waals surface area contributed by atoms with Gasteiger partial charge in [0.25, 0.3) is 0 Å². The molecule has 158 valence electrons. The van der Waals surface area contributed by atoms with Gasteiger partial charge < -0.3 is 10.1 Å². The van der Waals surface area contributed by atoms with Crippen molar-refractivity contribution in [2.75, 3.05) is 23.7 Å². The molecule has 1 N–H and O–H groups in total. The fraction of sp³-hybridized carbons (Fsp3) is 0.350. The Balaban J connectivity index is 2.06. The number of carbonyl (C=O) groups is 1. The molecule has 0 aliphatic rings. The van der Waals surface area contributed by atoms with Crippen LogP contribution in [0.5, 0.6) is 5.75 Å². The van der Waals surface area contributed by atoms with Crippen molar-refractivity contribution in [3.63, 3.8) is 0 Å². The van der Waals surface area contributed by atoms with Crippen molar-refractivity contribution in [1.29, 1.82) is 0 Å². The number of sulfonamides is 1. The van der Waals surface area contributed by atoms with Crippen LogP contribution >= 0.6 is 23.2 Å². The standard InChI is InChI=1S/C20H24Cl2N2O4S/c1-13-6-5-7-19(14(13)2)28-11-10-23-20(25)15(3)24(29(4,26)27)18-12-16(21)8-9-17(18)22/h5-9,12,15H,10-11H2,1-4H3,(H,23,25)/t15-/m0/s1. The molecule has 0 aliphatic heterocycles. The second-order valence-electron chi connectivity index (χ2n) is 6.67. The van der Waals surface area contributed by atoms with Gasteiger partial charge in [-0.3, -0.25) is 9.10 Å². The molecule has 0 aromatic heterocycles. The lowest BCUT2D eigenvalue weighted by atomic mass is 10.1. The van der Waals surface area contributed by atoms with Crippen LogP contribution in [0.2, 0.25) is 10.0 Å². The average Bonchev–Trinajstić information content (AvgIpc) is 2.63. The van der Waals surface area contributed by atoms with Gasteiger partial charge in [-0.1, -0.05) is 35.3 Å². The minimum atomic E-state index is -3.79. The summed E-state index contributed by atoms with van der Waals surface area (Å²) in [6.07, 6.45) is 1.01. The number of anilines is 1. The van der Waals surface area contributed by atoms with Crippen LogP contribution in [-0.2, 0) is 14.8 Å². The number of benzene rings is 2. The van der Waals surface area contributed by atoms with Crippen molar-refractivity contribution >= 4 is 44.8 Å². The third-order valence-electron chi connectivity index (χ3n) is 4.45. The Morgan fingerprint density at radius 1 is 1.21 bits per heavy atom. The Morgan fingerprint density at radius 2 is 1.90 bits per heavy atom. The first-order valence-corrected chi connectivity index (χ1v) is 11.5. The molecule has 9 heteroatoms. The predicted molar refractivity (Wildman–Crippen MR) is 118 cm³/mol. The van der Waals surface area contributed by atoms with Gasteiger partial charge in [0, 0.05) is 5.02 Å². The third-order valence-corrected chi connectivity index (χ3v) is 6.23. The molecule has 2 rings (SSSR count). The Labute approximate surface area is 181 Å². The van der Waals surface area contributed by atoms with E-state index in [9.17, 15) is 13.2 Å². The fourth-order valence-corrected chi connectivity index (χ4v) is 4.40. The Morgan fingerprint density at radius 3 is 2.55 bits per heavy atom. The molecular weight excluding hydrogens is 435 g/mol. The van der Waals surface area contributed by atoms with E-state index in [1.54, 1.807) is 6.07 Å². The van der Waals surface area contributed by atoms with Gasteiger partial charge in [-0.2, -0.15) is 0 Å². The zero-order valence-corrected chi connectivity index (χ0v) is 19.0. The Kier molecular flexibility index (Phi) is 7.80. The first kappa shape index (κ1) is 23.3. The summed E-state index contributed by atoms with van der Waals surface area (Å²) >= 11 is 12.1. The zero-order valence-electron chi connectivity index (χ0n) is 16.7. The summed E-state index contributed by atoms with van der Waals surface area (Å²) in [4.78, 5) is 12.6. The van der Waals surface area contributed by atoms with Crippen molar-refractivity contribution in [3.8, 4) is 5.75 Å². The second kappa shape index (κ2) is 9.69. The summed E-state index contributed by atoms with van der Waals surface area (Å²) < 4.78 is 31.4. The van der Waals surface area contributed by atoms with E-state index in [1.165, 1.54) is 19.1 Å². The van der Waals surface area contributed by atoms with Crippen LogP contribution < -0.4 is 14.4 Å². The first-order valence-electron chi connectivity index (χ1n) is 8.93. The summed E-state index contributed by atoms with van der Waals surface area (Å²) in [5.41, 5.74) is 2.30. The van der Waals surface area contributed by atoms with Gasteiger partial charge in [0.05, 0.1) is 23.5 Å². The highest BCUT2D eigenvalue weighted by Crippen LogP contribution is 2.32. The van der Waals surface area contributed by atoms with Crippen LogP contribution in [-0.4, -0.2) is 39.8 Å². The van der Waals surface area contributed by atoms with Crippen LogP contribution in [0.15, 0.2) is 36.4 Å². The summed E-state index contributed by atoms with van der Waals surface area (Å²) in [6.45, 7) is 5.91. The number of rotatable bonds is 8. The van der Waals surface area contributed by atoms with E-state index in [1.807, 2.05) is 32.0 Å². The minimum absolute atomic E-state index is 0.149. The van der Waals surface area contributed by atoms with Crippen molar-refractivity contribution in [1.82, 2.24) is 5.32 Å². The van der Waals surface area contributed by atoms with E-state index in [2.05, 4.69) is 5.32 Å². The third kappa shape index (κ3) is 6.01. The van der Waals surface area contributed by atoms with E-state index >= 15 is 0 Å². The SMILES string of the molecule is Cc1cccc(OCCNC(=O)[C@H](C)N(c2cc(Cl)ccc2Cl)S(C)(=O)=O)c1C. The van der Waals surface area contributed by atoms with Gasteiger partial charge in [-0.05, 0) is 56.2 Å². The summed E-state index contributed by atoms with van der Waals surface area (Å²) in [6, 6.07) is 9.17. The maximum atomic E-state index is 12.6. The highest BCUT2D eigenvalue weighted by Gasteiger charge is 2.30. The van der Waals surface area contributed by atoms with E-state index in [0.29, 0.717) is 5.02 Å². The van der Waals surface area contributed by atoms with E-state index in [-0.39, 0.29) is 23.9 Å². The molecular formula is C20H24Cl2N2O4S. The second-order valence-corrected chi connectivity index (χ2v) is 9.37. The molecule has 2 aromatic rings. The molecule has 0 spiro atoms. The average molecular weight is 459 g/mol. The quantitative estimate of drug-likeness (QED) is 0.607. The molecule has 1 atom stereocenters. The summed E-state index contributed by atoms with van der Waals surface area (Å²) in [5, 5.41) is 3.19.